The maximum Gasteiger partial charge on any atom is 0.234 e. The van der Waals surface area contributed by atoms with Crippen LogP contribution in [0.2, 0.25) is 0 Å². The number of aromatic nitrogens is 4. The molecule has 0 unspecified atom stereocenters. The number of carbonyl (C=O) groups is 1. The zero-order valence-electron chi connectivity index (χ0n) is 15.4. The zero-order chi connectivity index (χ0) is 20.1. The monoisotopic (exact) mass is 401 g/mol. The van der Waals surface area contributed by atoms with Gasteiger partial charge in [-0.3, -0.25) is 9.78 Å². The predicted octanol–water partition coefficient (Wildman–Crippen LogP) is 2.06. The molecule has 0 aliphatic heterocycles. The van der Waals surface area contributed by atoms with Gasteiger partial charge in [-0.25, -0.2) is 19.3 Å². The summed E-state index contributed by atoms with van der Waals surface area (Å²) in [6.45, 7) is 3.87. The van der Waals surface area contributed by atoms with Crippen molar-refractivity contribution in [3.05, 3.63) is 53.3 Å². The lowest BCUT2D eigenvalue weighted by Gasteiger charge is -2.25. The molecule has 1 amide bonds. The Morgan fingerprint density at radius 1 is 1.29 bits per heavy atom. The molecule has 3 aromatic heterocycles. The Labute approximate surface area is 165 Å². The number of rotatable bonds is 7. The average molecular weight is 401 g/mol. The summed E-state index contributed by atoms with van der Waals surface area (Å²) in [6, 6.07) is 2.91. The zero-order valence-corrected chi connectivity index (χ0v) is 16.3. The molecule has 0 atom stereocenters. The fourth-order valence-electron chi connectivity index (χ4n) is 2.47. The van der Waals surface area contributed by atoms with Gasteiger partial charge in [-0.05, 0) is 26.0 Å². The third-order valence-electron chi connectivity index (χ3n) is 3.88. The van der Waals surface area contributed by atoms with E-state index in [1.54, 1.807) is 38.5 Å². The van der Waals surface area contributed by atoms with E-state index in [2.05, 4.69) is 30.6 Å². The Morgan fingerprint density at radius 2 is 2.04 bits per heavy atom. The van der Waals surface area contributed by atoms with Gasteiger partial charge < -0.3 is 16.4 Å². The Hall–Kier alpha value is -2.98. The van der Waals surface area contributed by atoms with Crippen molar-refractivity contribution in [2.24, 2.45) is 5.73 Å². The lowest BCUT2D eigenvalue weighted by Crippen LogP contribution is -2.31. The fraction of sp³-hybridized carbons (Fsp3) is 0.278. The van der Waals surface area contributed by atoms with Gasteiger partial charge >= 0.3 is 0 Å². The Kier molecular flexibility index (Phi) is 5.90. The molecule has 0 fully saturated rings. The van der Waals surface area contributed by atoms with Gasteiger partial charge in [-0.2, -0.15) is 0 Å². The van der Waals surface area contributed by atoms with Gasteiger partial charge in [0.25, 0.3) is 0 Å². The number of nitrogens with one attached hydrogen (secondary N) is 2. The predicted molar refractivity (Wildman–Crippen MR) is 105 cm³/mol. The van der Waals surface area contributed by atoms with Crippen molar-refractivity contribution in [2.45, 2.75) is 25.9 Å². The number of nitrogens with two attached hydrogens (primary N) is 1. The van der Waals surface area contributed by atoms with Crippen LogP contribution in [0.3, 0.4) is 0 Å². The number of carbonyl (C=O) groups excluding carboxylic acids is 1. The molecular formula is C18H20FN7OS. The topological polar surface area (TPSA) is 119 Å². The van der Waals surface area contributed by atoms with E-state index in [1.165, 1.54) is 17.4 Å². The largest absolute Gasteiger partial charge is 0.349 e. The van der Waals surface area contributed by atoms with Crippen molar-refractivity contribution >= 4 is 23.2 Å². The second-order valence-electron chi connectivity index (χ2n) is 6.50. The molecule has 3 aromatic rings. The summed E-state index contributed by atoms with van der Waals surface area (Å²) in [6.07, 6.45) is 4.82. The van der Waals surface area contributed by atoms with Gasteiger partial charge in [0, 0.05) is 29.5 Å². The third kappa shape index (κ3) is 4.65. The number of amides is 1. The molecule has 0 saturated carbocycles. The van der Waals surface area contributed by atoms with E-state index < -0.39 is 11.4 Å². The number of hydrogen-bond donors (Lipinski definition) is 3. The highest BCUT2D eigenvalue weighted by atomic mass is 32.1. The van der Waals surface area contributed by atoms with Crippen molar-refractivity contribution in [3.63, 3.8) is 0 Å². The lowest BCUT2D eigenvalue weighted by molar-refractivity contribution is -0.119. The molecule has 28 heavy (non-hydrogen) atoms. The van der Waals surface area contributed by atoms with E-state index in [1.807, 2.05) is 5.38 Å². The summed E-state index contributed by atoms with van der Waals surface area (Å²) in [5.74, 6) is -0.278. The maximum atomic E-state index is 14.0. The molecule has 3 rings (SSSR count). The second kappa shape index (κ2) is 8.36. The van der Waals surface area contributed by atoms with E-state index in [-0.39, 0.29) is 18.1 Å². The van der Waals surface area contributed by atoms with E-state index in [4.69, 9.17) is 5.73 Å². The van der Waals surface area contributed by atoms with Crippen molar-refractivity contribution in [1.82, 2.24) is 25.3 Å². The highest BCUT2D eigenvalue weighted by Crippen LogP contribution is 2.26. The van der Waals surface area contributed by atoms with E-state index in [0.29, 0.717) is 12.5 Å². The van der Waals surface area contributed by atoms with Crippen LogP contribution in [0.1, 0.15) is 25.2 Å². The Balaban J connectivity index is 1.69. The van der Waals surface area contributed by atoms with Gasteiger partial charge in [-0.15, -0.1) is 11.3 Å². The maximum absolute atomic E-state index is 14.0. The molecule has 0 aliphatic rings. The summed E-state index contributed by atoms with van der Waals surface area (Å²) in [7, 11) is 0. The first kappa shape index (κ1) is 19.8. The molecule has 8 nitrogen and oxygen atoms in total. The first-order chi connectivity index (χ1) is 13.4. The summed E-state index contributed by atoms with van der Waals surface area (Å²) >= 11 is 1.43. The number of pyridine rings is 1. The van der Waals surface area contributed by atoms with Crippen LogP contribution in [0, 0.1) is 5.82 Å². The summed E-state index contributed by atoms with van der Waals surface area (Å²) in [4.78, 5) is 28.4. The smallest absolute Gasteiger partial charge is 0.234 e. The number of hydrogen-bond acceptors (Lipinski definition) is 8. The quantitative estimate of drug-likeness (QED) is 0.554. The van der Waals surface area contributed by atoms with Crippen LogP contribution < -0.4 is 16.4 Å². The average Bonchev–Trinajstić information content (AvgIpc) is 3.15. The number of thiazole rings is 1. The summed E-state index contributed by atoms with van der Waals surface area (Å²) < 4.78 is 14.0. The van der Waals surface area contributed by atoms with Crippen LogP contribution in [0.25, 0.3) is 10.6 Å². The van der Waals surface area contributed by atoms with Crippen molar-refractivity contribution in [1.29, 1.82) is 0 Å². The molecule has 0 spiro atoms. The third-order valence-corrected chi connectivity index (χ3v) is 4.82. The highest BCUT2D eigenvalue weighted by molar-refractivity contribution is 7.13. The minimum absolute atomic E-state index is 0.0575. The number of anilines is 1. The van der Waals surface area contributed by atoms with Gasteiger partial charge in [-0.1, -0.05) is 0 Å². The van der Waals surface area contributed by atoms with Crippen LogP contribution in [0.15, 0.2) is 36.1 Å². The highest BCUT2D eigenvalue weighted by Gasteiger charge is 2.26. The minimum atomic E-state index is -0.789. The first-order valence-corrected chi connectivity index (χ1v) is 9.40. The van der Waals surface area contributed by atoms with E-state index in [9.17, 15) is 9.18 Å². The van der Waals surface area contributed by atoms with Crippen molar-refractivity contribution in [3.8, 4) is 10.6 Å². The van der Waals surface area contributed by atoms with Crippen LogP contribution in [-0.2, 0) is 16.9 Å². The molecule has 0 radical (unpaired) electrons. The van der Waals surface area contributed by atoms with Crippen LogP contribution in [-0.4, -0.2) is 32.4 Å². The molecule has 146 valence electrons. The van der Waals surface area contributed by atoms with Gasteiger partial charge in [0.1, 0.15) is 16.5 Å². The molecule has 0 aliphatic carbocycles. The minimum Gasteiger partial charge on any atom is -0.349 e. The standard InChI is InChI=1S/C18H20FN7OS/c1-18(2,15-13(19)4-3-5-21-15)26-17-23-7-11(8-24-17)16-25-12(10-28-16)9-22-14(27)6-20/h3-5,7-8,10H,6,9,20H2,1-2H3,(H,22,27)(H,23,24,26). The van der Waals surface area contributed by atoms with Crippen LogP contribution >= 0.6 is 11.3 Å². The summed E-state index contributed by atoms with van der Waals surface area (Å²) in [5.41, 5.74) is 6.23. The van der Waals surface area contributed by atoms with Gasteiger partial charge in [0.15, 0.2) is 0 Å². The molecule has 10 heteroatoms. The Morgan fingerprint density at radius 3 is 2.71 bits per heavy atom. The molecule has 0 bridgehead atoms. The van der Waals surface area contributed by atoms with E-state index in [0.717, 1.165) is 16.3 Å². The molecule has 3 heterocycles. The number of nitrogens with zero attached hydrogens (tertiary/aromatic N) is 4. The van der Waals surface area contributed by atoms with Crippen molar-refractivity contribution in [2.75, 3.05) is 11.9 Å². The fourth-order valence-corrected chi connectivity index (χ4v) is 3.26. The SMILES string of the molecule is CC(C)(Nc1ncc(-c2nc(CNC(=O)CN)cs2)cn1)c1ncccc1F. The van der Waals surface area contributed by atoms with Crippen LogP contribution in [0.5, 0.6) is 0 Å². The molecule has 0 saturated heterocycles. The molecular weight excluding hydrogens is 381 g/mol. The van der Waals surface area contributed by atoms with Crippen LogP contribution in [0.4, 0.5) is 10.3 Å². The van der Waals surface area contributed by atoms with E-state index >= 15 is 0 Å². The molecule has 4 N–H and O–H groups in total. The summed E-state index contributed by atoms with van der Waals surface area (Å²) in [5, 5.41) is 8.36. The normalized spacial score (nSPS) is 11.3. The van der Waals surface area contributed by atoms with Gasteiger partial charge in [0.2, 0.25) is 11.9 Å². The Bertz CT molecular complexity index is 959. The first-order valence-electron chi connectivity index (χ1n) is 8.52. The number of halogens is 1. The van der Waals surface area contributed by atoms with Crippen molar-refractivity contribution < 1.29 is 9.18 Å². The molecule has 0 aromatic carbocycles. The van der Waals surface area contributed by atoms with Gasteiger partial charge in [0.05, 0.1) is 24.3 Å². The second-order valence-corrected chi connectivity index (χ2v) is 7.36. The lowest BCUT2D eigenvalue weighted by atomic mass is 9.99.